The van der Waals surface area contributed by atoms with Crippen LogP contribution in [0.3, 0.4) is 0 Å². The lowest BCUT2D eigenvalue weighted by Crippen LogP contribution is -2.52. The molecule has 0 saturated carbocycles. The summed E-state index contributed by atoms with van der Waals surface area (Å²) < 4.78 is 34.2. The molecule has 0 aromatic heterocycles. The van der Waals surface area contributed by atoms with E-state index in [2.05, 4.69) is 5.32 Å². The number of hydrogen-bond acceptors (Lipinski definition) is 5. The number of nitrogens with one attached hydrogen (secondary N) is 1. The number of carbonyl (C=O) groups is 2. The number of aryl methyl sites for hydroxylation is 1. The van der Waals surface area contributed by atoms with Crippen molar-refractivity contribution in [2.75, 3.05) is 18.0 Å². The second-order valence-corrected chi connectivity index (χ2v) is 12.5. The van der Waals surface area contributed by atoms with E-state index in [1.807, 2.05) is 20.8 Å². The molecule has 0 fully saturated rings. The van der Waals surface area contributed by atoms with Crippen molar-refractivity contribution in [3.05, 3.63) is 87.9 Å². The minimum atomic E-state index is -4.19. The summed E-state index contributed by atoms with van der Waals surface area (Å²) in [5.41, 5.74) is 1.68. The van der Waals surface area contributed by atoms with Crippen molar-refractivity contribution in [3.8, 4) is 5.75 Å². The SMILES string of the molecule is CC[C@@H](C)NC(=O)[C@@H](C)N(Cc1ccc(Cl)cc1Cl)C(=O)CN(c1cccc(OC)c1)S(=O)(=O)c1ccc(C)cc1. The molecule has 3 aromatic rings. The third-order valence-electron chi connectivity index (χ3n) is 6.75. The zero-order chi connectivity index (χ0) is 30.3. The standard InChI is InChI=1S/C30H35Cl2N3O5S/c1-6-21(3)33-30(37)22(4)34(18-23-12-13-24(31)16-28(23)32)29(36)19-35(25-8-7-9-26(17-25)40-5)41(38,39)27-14-10-20(2)11-15-27/h7-17,21-22H,6,18-19H2,1-5H3,(H,33,37)/t21-,22-/m1/s1. The van der Waals surface area contributed by atoms with Gasteiger partial charge in [-0.05, 0) is 69.2 Å². The Hall–Kier alpha value is -3.27. The van der Waals surface area contributed by atoms with Crippen molar-refractivity contribution < 1.29 is 22.7 Å². The largest absolute Gasteiger partial charge is 0.497 e. The van der Waals surface area contributed by atoms with Gasteiger partial charge in [-0.2, -0.15) is 0 Å². The average molecular weight is 621 g/mol. The fourth-order valence-electron chi connectivity index (χ4n) is 4.01. The number of ether oxygens (including phenoxy) is 1. The normalized spacial score (nSPS) is 12.8. The fourth-order valence-corrected chi connectivity index (χ4v) is 5.89. The first kappa shape index (κ1) is 32.2. The molecule has 1 N–H and O–H groups in total. The molecular formula is C30H35Cl2N3O5S. The van der Waals surface area contributed by atoms with Gasteiger partial charge < -0.3 is 15.0 Å². The van der Waals surface area contributed by atoms with Crippen LogP contribution in [-0.2, 0) is 26.2 Å². The molecule has 0 aliphatic rings. The molecule has 0 aliphatic heterocycles. The van der Waals surface area contributed by atoms with Crippen LogP contribution < -0.4 is 14.4 Å². The molecule has 0 heterocycles. The lowest BCUT2D eigenvalue weighted by Gasteiger charge is -2.32. The van der Waals surface area contributed by atoms with Crippen LogP contribution in [0.4, 0.5) is 5.69 Å². The van der Waals surface area contributed by atoms with E-state index in [4.69, 9.17) is 27.9 Å². The quantitative estimate of drug-likeness (QED) is 0.275. The molecule has 2 amide bonds. The Balaban J connectivity index is 2.07. The highest BCUT2D eigenvalue weighted by atomic mass is 35.5. The van der Waals surface area contributed by atoms with Gasteiger partial charge in [0, 0.05) is 28.7 Å². The van der Waals surface area contributed by atoms with E-state index in [0.29, 0.717) is 27.8 Å². The number of nitrogens with zero attached hydrogens (tertiary/aromatic N) is 2. The summed E-state index contributed by atoms with van der Waals surface area (Å²) in [7, 11) is -2.72. The van der Waals surface area contributed by atoms with Crippen molar-refractivity contribution in [1.29, 1.82) is 0 Å². The van der Waals surface area contributed by atoms with Gasteiger partial charge in [-0.15, -0.1) is 0 Å². The second-order valence-electron chi connectivity index (χ2n) is 9.78. The van der Waals surface area contributed by atoms with Gasteiger partial charge in [0.2, 0.25) is 11.8 Å². The van der Waals surface area contributed by atoms with Crippen molar-refractivity contribution >= 4 is 50.7 Å². The van der Waals surface area contributed by atoms with Gasteiger partial charge in [-0.1, -0.05) is 60.0 Å². The predicted molar refractivity (Wildman–Crippen MR) is 163 cm³/mol. The Bertz CT molecular complexity index is 1480. The average Bonchev–Trinajstić information content (AvgIpc) is 2.95. The monoisotopic (exact) mass is 619 g/mol. The van der Waals surface area contributed by atoms with E-state index in [9.17, 15) is 18.0 Å². The second kappa shape index (κ2) is 14.1. The molecule has 0 bridgehead atoms. The zero-order valence-electron chi connectivity index (χ0n) is 23.7. The van der Waals surface area contributed by atoms with Crippen molar-refractivity contribution in [1.82, 2.24) is 10.2 Å². The van der Waals surface area contributed by atoms with Crippen molar-refractivity contribution in [2.24, 2.45) is 0 Å². The van der Waals surface area contributed by atoms with Gasteiger partial charge in [0.25, 0.3) is 10.0 Å². The number of sulfonamides is 1. The summed E-state index contributed by atoms with van der Waals surface area (Å²) in [6, 6.07) is 16.6. The zero-order valence-corrected chi connectivity index (χ0v) is 26.1. The van der Waals surface area contributed by atoms with Crippen LogP contribution in [0, 0.1) is 6.92 Å². The highest BCUT2D eigenvalue weighted by Crippen LogP contribution is 2.28. The molecule has 0 spiro atoms. The summed E-state index contributed by atoms with van der Waals surface area (Å²) in [4.78, 5) is 28.6. The molecule has 3 aromatic carbocycles. The third-order valence-corrected chi connectivity index (χ3v) is 9.13. The molecule has 3 rings (SSSR count). The van der Waals surface area contributed by atoms with Gasteiger partial charge >= 0.3 is 0 Å². The summed E-state index contributed by atoms with van der Waals surface area (Å²) in [6.07, 6.45) is 0.702. The number of carbonyl (C=O) groups excluding carboxylic acids is 2. The Morgan fingerprint density at radius 3 is 2.29 bits per heavy atom. The van der Waals surface area contributed by atoms with Crippen LogP contribution in [0.1, 0.15) is 38.3 Å². The first-order valence-electron chi connectivity index (χ1n) is 13.1. The van der Waals surface area contributed by atoms with Gasteiger partial charge in [0.05, 0.1) is 17.7 Å². The number of anilines is 1. The highest BCUT2D eigenvalue weighted by molar-refractivity contribution is 7.92. The summed E-state index contributed by atoms with van der Waals surface area (Å²) in [6.45, 7) is 6.64. The molecule has 220 valence electrons. The van der Waals surface area contributed by atoms with Crippen molar-refractivity contribution in [2.45, 2.75) is 57.6 Å². The van der Waals surface area contributed by atoms with Crippen LogP contribution in [0.25, 0.3) is 0 Å². The lowest BCUT2D eigenvalue weighted by atomic mass is 10.1. The van der Waals surface area contributed by atoms with Crippen LogP contribution in [-0.4, -0.2) is 50.9 Å². The molecule has 41 heavy (non-hydrogen) atoms. The first-order valence-corrected chi connectivity index (χ1v) is 15.3. The van der Waals surface area contributed by atoms with E-state index >= 15 is 0 Å². The number of halogens is 2. The topological polar surface area (TPSA) is 96.0 Å². The van der Waals surface area contributed by atoms with E-state index in [1.165, 1.54) is 24.1 Å². The van der Waals surface area contributed by atoms with Crippen molar-refractivity contribution in [3.63, 3.8) is 0 Å². The molecule has 0 radical (unpaired) electrons. The first-order chi connectivity index (χ1) is 19.4. The van der Waals surface area contributed by atoms with Gasteiger partial charge in [0.1, 0.15) is 18.3 Å². The van der Waals surface area contributed by atoms with Crippen LogP contribution in [0.15, 0.2) is 71.6 Å². The maximum absolute atomic E-state index is 14.0. The Labute approximate surface area is 252 Å². The predicted octanol–water partition coefficient (Wildman–Crippen LogP) is 5.84. The number of rotatable bonds is 12. The minimum absolute atomic E-state index is 0.0218. The third kappa shape index (κ3) is 8.15. The number of methoxy groups -OCH3 is 1. The molecule has 11 heteroatoms. The Morgan fingerprint density at radius 1 is 1.00 bits per heavy atom. The fraction of sp³-hybridized carbons (Fsp3) is 0.333. The Kier molecular flexibility index (Phi) is 11.1. The van der Waals surface area contributed by atoms with E-state index in [0.717, 1.165) is 9.87 Å². The van der Waals surface area contributed by atoms with E-state index in [-0.39, 0.29) is 29.1 Å². The number of hydrogen-bond donors (Lipinski definition) is 1. The molecule has 0 unspecified atom stereocenters. The smallest absolute Gasteiger partial charge is 0.264 e. The molecule has 0 saturated heterocycles. The Morgan fingerprint density at radius 2 is 1.68 bits per heavy atom. The van der Waals surface area contributed by atoms with Crippen LogP contribution in [0.2, 0.25) is 10.0 Å². The maximum atomic E-state index is 14.0. The molecule has 8 nitrogen and oxygen atoms in total. The summed E-state index contributed by atoms with van der Waals surface area (Å²) in [5.74, 6) is -0.543. The minimum Gasteiger partial charge on any atom is -0.497 e. The summed E-state index contributed by atoms with van der Waals surface area (Å²) in [5, 5.41) is 3.65. The van der Waals surface area contributed by atoms with Gasteiger partial charge in [0.15, 0.2) is 0 Å². The van der Waals surface area contributed by atoms with Crippen LogP contribution in [0.5, 0.6) is 5.75 Å². The summed E-state index contributed by atoms with van der Waals surface area (Å²) >= 11 is 12.5. The molecule has 0 aliphatic carbocycles. The number of amides is 2. The lowest BCUT2D eigenvalue weighted by molar-refractivity contribution is -0.139. The van der Waals surface area contributed by atoms with Crippen LogP contribution >= 0.6 is 23.2 Å². The molecule has 2 atom stereocenters. The van der Waals surface area contributed by atoms with Gasteiger partial charge in [-0.25, -0.2) is 8.42 Å². The number of benzene rings is 3. The van der Waals surface area contributed by atoms with E-state index in [1.54, 1.807) is 61.5 Å². The highest BCUT2D eigenvalue weighted by Gasteiger charge is 2.33. The van der Waals surface area contributed by atoms with Gasteiger partial charge in [-0.3, -0.25) is 13.9 Å². The van der Waals surface area contributed by atoms with E-state index < -0.39 is 28.5 Å². The maximum Gasteiger partial charge on any atom is 0.264 e. The molecular weight excluding hydrogens is 585 g/mol.